The lowest BCUT2D eigenvalue weighted by Crippen LogP contribution is -2.32. The summed E-state index contributed by atoms with van der Waals surface area (Å²) in [7, 11) is 0. The van der Waals surface area contributed by atoms with Gasteiger partial charge in [0.25, 0.3) is 0 Å². The molecule has 11 heavy (non-hydrogen) atoms. The molecular formula is C8H16BrNO. The zero-order valence-electron chi connectivity index (χ0n) is 7.36. The maximum Gasteiger partial charge on any atom is 0.222 e. The first kappa shape index (κ1) is 11.0. The predicted octanol–water partition coefficient (Wildman–Crippen LogP) is 1.93. The van der Waals surface area contributed by atoms with Crippen LogP contribution in [0.3, 0.4) is 0 Å². The van der Waals surface area contributed by atoms with Crippen LogP contribution in [0.4, 0.5) is 0 Å². The normalized spacial score (nSPS) is 15.6. The average Bonchev–Trinajstić information content (AvgIpc) is 1.98. The van der Waals surface area contributed by atoms with Crippen molar-refractivity contribution in [2.45, 2.75) is 32.0 Å². The second kappa shape index (κ2) is 5.58. The highest BCUT2D eigenvalue weighted by Crippen LogP contribution is 2.00. The van der Waals surface area contributed by atoms with Gasteiger partial charge in [-0.15, -0.1) is 0 Å². The van der Waals surface area contributed by atoms with E-state index in [0.29, 0.717) is 11.4 Å². The van der Waals surface area contributed by atoms with Crippen LogP contribution < -0.4 is 5.32 Å². The standard InChI is InChI=1S/C8H16BrNO/c1-4-6(2)8(11)10-5-7(3)9/h6-7H,4-5H2,1-3H3,(H,10,11). The number of rotatable bonds is 4. The molecule has 0 aromatic rings. The second-order valence-electron chi connectivity index (χ2n) is 2.84. The zero-order chi connectivity index (χ0) is 8.85. The first-order chi connectivity index (χ1) is 5.07. The van der Waals surface area contributed by atoms with Crippen LogP contribution in [0.5, 0.6) is 0 Å². The second-order valence-corrected chi connectivity index (χ2v) is 4.40. The summed E-state index contributed by atoms with van der Waals surface area (Å²) >= 11 is 3.36. The van der Waals surface area contributed by atoms with Gasteiger partial charge >= 0.3 is 0 Å². The molecule has 2 nitrogen and oxygen atoms in total. The fraction of sp³-hybridized carbons (Fsp3) is 0.875. The van der Waals surface area contributed by atoms with Crippen molar-refractivity contribution in [1.29, 1.82) is 0 Å². The lowest BCUT2D eigenvalue weighted by atomic mass is 10.1. The molecule has 0 fully saturated rings. The van der Waals surface area contributed by atoms with E-state index in [1.54, 1.807) is 0 Å². The minimum atomic E-state index is 0.140. The molecule has 3 heteroatoms. The Morgan fingerprint density at radius 1 is 1.55 bits per heavy atom. The maximum absolute atomic E-state index is 11.1. The molecule has 0 aromatic carbocycles. The van der Waals surface area contributed by atoms with Crippen molar-refractivity contribution in [2.24, 2.45) is 5.92 Å². The highest BCUT2D eigenvalue weighted by molar-refractivity contribution is 9.09. The Hall–Kier alpha value is -0.0500. The zero-order valence-corrected chi connectivity index (χ0v) is 8.94. The number of amides is 1. The predicted molar refractivity (Wildman–Crippen MR) is 50.9 cm³/mol. The van der Waals surface area contributed by atoms with Crippen molar-refractivity contribution in [2.75, 3.05) is 6.54 Å². The Kier molecular flexibility index (Phi) is 5.56. The summed E-state index contributed by atoms with van der Waals surface area (Å²) in [5, 5.41) is 2.85. The van der Waals surface area contributed by atoms with Crippen molar-refractivity contribution >= 4 is 21.8 Å². The minimum absolute atomic E-state index is 0.140. The van der Waals surface area contributed by atoms with Gasteiger partial charge in [0.05, 0.1) is 0 Å². The molecule has 0 saturated carbocycles. The molecule has 0 spiro atoms. The van der Waals surface area contributed by atoms with Gasteiger partial charge in [0.1, 0.15) is 0 Å². The first-order valence-corrected chi connectivity index (χ1v) is 4.91. The fourth-order valence-corrected chi connectivity index (χ4v) is 0.763. The molecular weight excluding hydrogens is 206 g/mol. The van der Waals surface area contributed by atoms with Gasteiger partial charge in [-0.05, 0) is 6.42 Å². The van der Waals surface area contributed by atoms with E-state index in [0.717, 1.165) is 6.42 Å². The van der Waals surface area contributed by atoms with Gasteiger partial charge in [0.15, 0.2) is 0 Å². The van der Waals surface area contributed by atoms with E-state index in [1.165, 1.54) is 0 Å². The molecule has 0 aromatic heterocycles. The van der Waals surface area contributed by atoms with Gasteiger partial charge < -0.3 is 5.32 Å². The number of halogens is 1. The summed E-state index contributed by atoms with van der Waals surface area (Å²) in [6, 6.07) is 0. The van der Waals surface area contributed by atoms with Crippen molar-refractivity contribution in [3.63, 3.8) is 0 Å². The molecule has 2 atom stereocenters. The molecule has 0 rings (SSSR count). The van der Waals surface area contributed by atoms with Gasteiger partial charge in [0, 0.05) is 17.3 Å². The van der Waals surface area contributed by atoms with E-state index >= 15 is 0 Å². The van der Waals surface area contributed by atoms with Crippen LogP contribution >= 0.6 is 15.9 Å². The summed E-state index contributed by atoms with van der Waals surface area (Å²) in [5.41, 5.74) is 0. The Balaban J connectivity index is 3.52. The van der Waals surface area contributed by atoms with Gasteiger partial charge in [-0.25, -0.2) is 0 Å². The van der Waals surface area contributed by atoms with Gasteiger partial charge in [-0.1, -0.05) is 36.7 Å². The summed E-state index contributed by atoms with van der Waals surface area (Å²) in [6.45, 7) is 6.68. The molecule has 0 bridgehead atoms. The molecule has 1 amide bonds. The van der Waals surface area contributed by atoms with E-state index < -0.39 is 0 Å². The van der Waals surface area contributed by atoms with Crippen LogP contribution in [-0.4, -0.2) is 17.3 Å². The third kappa shape index (κ3) is 5.24. The molecule has 66 valence electrons. The largest absolute Gasteiger partial charge is 0.355 e. The van der Waals surface area contributed by atoms with E-state index in [1.807, 2.05) is 20.8 Å². The molecule has 0 aliphatic rings. The number of carbonyl (C=O) groups excluding carboxylic acids is 1. The topological polar surface area (TPSA) is 29.1 Å². The Labute approximate surface area is 76.9 Å². The average molecular weight is 222 g/mol. The maximum atomic E-state index is 11.1. The van der Waals surface area contributed by atoms with Crippen LogP contribution in [0.15, 0.2) is 0 Å². The highest BCUT2D eigenvalue weighted by Gasteiger charge is 2.09. The van der Waals surface area contributed by atoms with Crippen molar-refractivity contribution < 1.29 is 4.79 Å². The third-order valence-electron chi connectivity index (χ3n) is 1.62. The minimum Gasteiger partial charge on any atom is -0.355 e. The first-order valence-electron chi connectivity index (χ1n) is 3.99. The van der Waals surface area contributed by atoms with E-state index in [2.05, 4.69) is 21.2 Å². The summed E-state index contributed by atoms with van der Waals surface area (Å²) in [6.07, 6.45) is 0.905. The molecule has 0 saturated heterocycles. The monoisotopic (exact) mass is 221 g/mol. The van der Waals surface area contributed by atoms with Crippen LogP contribution in [0, 0.1) is 5.92 Å². The fourth-order valence-electron chi connectivity index (χ4n) is 0.601. The van der Waals surface area contributed by atoms with Gasteiger partial charge in [-0.2, -0.15) is 0 Å². The number of nitrogens with one attached hydrogen (secondary N) is 1. The van der Waals surface area contributed by atoms with Gasteiger partial charge in [-0.3, -0.25) is 4.79 Å². The quantitative estimate of drug-likeness (QED) is 0.723. The lowest BCUT2D eigenvalue weighted by Gasteiger charge is -2.10. The Bertz CT molecular complexity index is 125. The molecule has 0 aliphatic heterocycles. The molecule has 2 unspecified atom stereocenters. The third-order valence-corrected chi connectivity index (χ3v) is 1.94. The lowest BCUT2D eigenvalue weighted by molar-refractivity contribution is -0.124. The van der Waals surface area contributed by atoms with E-state index in [4.69, 9.17) is 0 Å². The smallest absolute Gasteiger partial charge is 0.222 e. The summed E-state index contributed by atoms with van der Waals surface area (Å²) in [4.78, 5) is 11.5. The van der Waals surface area contributed by atoms with E-state index in [9.17, 15) is 4.79 Å². The molecule has 1 N–H and O–H groups in total. The number of carbonyl (C=O) groups is 1. The van der Waals surface area contributed by atoms with Crippen LogP contribution in [-0.2, 0) is 4.79 Å². The van der Waals surface area contributed by atoms with E-state index in [-0.39, 0.29) is 11.8 Å². The Morgan fingerprint density at radius 3 is 2.45 bits per heavy atom. The van der Waals surface area contributed by atoms with Crippen LogP contribution in [0.2, 0.25) is 0 Å². The number of hydrogen-bond donors (Lipinski definition) is 1. The molecule has 0 radical (unpaired) electrons. The molecule has 0 heterocycles. The van der Waals surface area contributed by atoms with Gasteiger partial charge in [0.2, 0.25) is 5.91 Å². The highest BCUT2D eigenvalue weighted by atomic mass is 79.9. The number of alkyl halides is 1. The summed E-state index contributed by atoms with van der Waals surface area (Å²) in [5.74, 6) is 0.292. The van der Waals surface area contributed by atoms with Crippen molar-refractivity contribution in [1.82, 2.24) is 5.32 Å². The van der Waals surface area contributed by atoms with Crippen LogP contribution in [0.25, 0.3) is 0 Å². The Morgan fingerprint density at radius 2 is 2.09 bits per heavy atom. The SMILES string of the molecule is CCC(C)C(=O)NCC(C)Br. The molecule has 0 aliphatic carbocycles. The van der Waals surface area contributed by atoms with Crippen LogP contribution in [0.1, 0.15) is 27.2 Å². The number of hydrogen-bond acceptors (Lipinski definition) is 1. The summed E-state index contributed by atoms with van der Waals surface area (Å²) < 4.78 is 0. The van der Waals surface area contributed by atoms with Crippen molar-refractivity contribution in [3.05, 3.63) is 0 Å². The van der Waals surface area contributed by atoms with Crippen molar-refractivity contribution in [3.8, 4) is 0 Å².